The van der Waals surface area contributed by atoms with Crippen molar-refractivity contribution in [3.05, 3.63) is 23.3 Å². The zero-order chi connectivity index (χ0) is 13.3. The standard InChI is InChI=1S/C15H22O3/c1-9-5-4-6-10(2)8-13-14(12(16)7-9)11(3)15(17)18-13/h5,8,11-14,16H,4,6-7H2,1-3H3/b9-5-,10-8-/t11-,12+,13-,14+/m0/s1. The summed E-state index contributed by atoms with van der Waals surface area (Å²) in [6.07, 6.45) is 6.05. The summed E-state index contributed by atoms with van der Waals surface area (Å²) in [5.41, 5.74) is 2.42. The highest BCUT2D eigenvalue weighted by molar-refractivity contribution is 5.75. The molecule has 0 amide bonds. The molecule has 4 atom stereocenters. The number of ether oxygens (including phenoxy) is 1. The van der Waals surface area contributed by atoms with Crippen LogP contribution in [0.15, 0.2) is 23.3 Å². The third-order valence-electron chi connectivity index (χ3n) is 4.04. The van der Waals surface area contributed by atoms with Crippen LogP contribution in [0.1, 0.15) is 40.0 Å². The van der Waals surface area contributed by atoms with Crippen molar-refractivity contribution in [2.75, 3.05) is 0 Å². The quantitative estimate of drug-likeness (QED) is 0.531. The van der Waals surface area contributed by atoms with E-state index in [0.717, 1.165) is 12.8 Å². The first-order valence-electron chi connectivity index (χ1n) is 6.70. The molecule has 1 saturated heterocycles. The van der Waals surface area contributed by atoms with Gasteiger partial charge < -0.3 is 9.84 Å². The van der Waals surface area contributed by atoms with Crippen LogP contribution in [-0.4, -0.2) is 23.3 Å². The van der Waals surface area contributed by atoms with Crippen LogP contribution in [0.4, 0.5) is 0 Å². The molecule has 0 spiro atoms. The summed E-state index contributed by atoms with van der Waals surface area (Å²) in [5, 5.41) is 10.3. The van der Waals surface area contributed by atoms with E-state index in [1.165, 1.54) is 11.1 Å². The van der Waals surface area contributed by atoms with Crippen LogP contribution >= 0.6 is 0 Å². The van der Waals surface area contributed by atoms with Gasteiger partial charge in [-0.15, -0.1) is 0 Å². The minimum absolute atomic E-state index is 0.117. The largest absolute Gasteiger partial charge is 0.457 e. The summed E-state index contributed by atoms with van der Waals surface area (Å²) in [7, 11) is 0. The van der Waals surface area contributed by atoms with E-state index in [1.54, 1.807) is 0 Å². The van der Waals surface area contributed by atoms with E-state index in [4.69, 9.17) is 4.74 Å². The Bertz CT molecular complexity index is 395. The Morgan fingerprint density at radius 3 is 2.78 bits per heavy atom. The van der Waals surface area contributed by atoms with Crippen molar-refractivity contribution < 1.29 is 14.6 Å². The van der Waals surface area contributed by atoms with Gasteiger partial charge in [0.05, 0.1) is 12.0 Å². The van der Waals surface area contributed by atoms with Gasteiger partial charge >= 0.3 is 5.97 Å². The van der Waals surface area contributed by atoms with E-state index in [9.17, 15) is 9.90 Å². The average Bonchev–Trinajstić information content (AvgIpc) is 2.53. The number of carbonyl (C=O) groups excluding carboxylic acids is 1. The third kappa shape index (κ3) is 2.66. The molecule has 0 saturated carbocycles. The third-order valence-corrected chi connectivity index (χ3v) is 4.04. The number of allylic oxidation sites excluding steroid dienone is 2. The summed E-state index contributed by atoms with van der Waals surface area (Å²) >= 11 is 0. The second-order valence-corrected chi connectivity index (χ2v) is 5.64. The van der Waals surface area contributed by atoms with Crippen molar-refractivity contribution in [2.45, 2.75) is 52.2 Å². The highest BCUT2D eigenvalue weighted by Gasteiger charge is 2.44. The predicted octanol–water partition coefficient (Wildman–Crippen LogP) is 2.60. The molecule has 100 valence electrons. The fraction of sp³-hybridized carbons (Fsp3) is 0.667. The summed E-state index contributed by atoms with van der Waals surface area (Å²) in [6, 6.07) is 0. The Balaban J connectivity index is 2.30. The van der Waals surface area contributed by atoms with E-state index < -0.39 is 6.10 Å². The maximum absolute atomic E-state index is 11.7. The van der Waals surface area contributed by atoms with Gasteiger partial charge in [-0.2, -0.15) is 0 Å². The zero-order valence-electron chi connectivity index (χ0n) is 11.3. The zero-order valence-corrected chi connectivity index (χ0v) is 11.3. The number of hydrogen-bond donors (Lipinski definition) is 1. The summed E-state index contributed by atoms with van der Waals surface area (Å²) in [5.74, 6) is -0.524. The maximum Gasteiger partial charge on any atom is 0.309 e. The summed E-state index contributed by atoms with van der Waals surface area (Å²) in [4.78, 5) is 11.7. The van der Waals surface area contributed by atoms with Crippen LogP contribution in [0.2, 0.25) is 0 Å². The lowest BCUT2D eigenvalue weighted by atomic mass is 9.82. The van der Waals surface area contributed by atoms with Gasteiger partial charge in [-0.05, 0) is 39.2 Å². The second-order valence-electron chi connectivity index (χ2n) is 5.64. The number of hydrogen-bond acceptors (Lipinski definition) is 3. The SMILES string of the molecule is C/C1=C/[C@@H]2OC(=O)[C@@H](C)[C@@H]2[C@H](O)C/C(C)=C\CC1. The van der Waals surface area contributed by atoms with Crippen molar-refractivity contribution in [3.63, 3.8) is 0 Å². The van der Waals surface area contributed by atoms with Crippen LogP contribution in [-0.2, 0) is 9.53 Å². The van der Waals surface area contributed by atoms with Gasteiger partial charge in [-0.25, -0.2) is 0 Å². The number of carbonyl (C=O) groups is 1. The lowest BCUT2D eigenvalue weighted by Gasteiger charge is -2.24. The normalized spacial score (nSPS) is 43.2. The van der Waals surface area contributed by atoms with E-state index in [0.29, 0.717) is 6.42 Å². The Labute approximate surface area is 109 Å². The minimum atomic E-state index is -0.505. The van der Waals surface area contributed by atoms with E-state index >= 15 is 0 Å². The minimum Gasteiger partial charge on any atom is -0.457 e. The molecular formula is C15H22O3. The molecule has 0 aromatic heterocycles. The molecular weight excluding hydrogens is 228 g/mol. The molecule has 1 aliphatic carbocycles. The first-order chi connectivity index (χ1) is 8.49. The van der Waals surface area contributed by atoms with E-state index in [-0.39, 0.29) is 23.9 Å². The number of fused-ring (bicyclic) bond motifs is 1. The Morgan fingerprint density at radius 1 is 1.33 bits per heavy atom. The molecule has 2 rings (SSSR count). The number of aliphatic hydroxyl groups excluding tert-OH is 1. The monoisotopic (exact) mass is 250 g/mol. The smallest absolute Gasteiger partial charge is 0.309 e. The van der Waals surface area contributed by atoms with Crippen molar-refractivity contribution in [1.29, 1.82) is 0 Å². The second kappa shape index (κ2) is 5.27. The number of rotatable bonds is 0. The van der Waals surface area contributed by atoms with Crippen LogP contribution in [0.25, 0.3) is 0 Å². The molecule has 1 fully saturated rings. The molecule has 1 heterocycles. The van der Waals surface area contributed by atoms with Gasteiger partial charge in [0.1, 0.15) is 6.10 Å². The van der Waals surface area contributed by atoms with Crippen molar-refractivity contribution in [2.24, 2.45) is 11.8 Å². The molecule has 3 nitrogen and oxygen atoms in total. The first kappa shape index (κ1) is 13.3. The van der Waals surface area contributed by atoms with Crippen molar-refractivity contribution in [3.8, 4) is 0 Å². The molecule has 0 aromatic carbocycles. The molecule has 18 heavy (non-hydrogen) atoms. The van der Waals surface area contributed by atoms with Gasteiger partial charge in [0.2, 0.25) is 0 Å². The number of aliphatic hydroxyl groups is 1. The Morgan fingerprint density at radius 2 is 2.06 bits per heavy atom. The molecule has 2 aliphatic rings. The predicted molar refractivity (Wildman–Crippen MR) is 69.9 cm³/mol. The molecule has 0 aromatic rings. The summed E-state index contributed by atoms with van der Waals surface area (Å²) < 4.78 is 5.39. The van der Waals surface area contributed by atoms with Gasteiger partial charge in [0, 0.05) is 5.92 Å². The van der Waals surface area contributed by atoms with Gasteiger partial charge in [0.15, 0.2) is 0 Å². The van der Waals surface area contributed by atoms with Crippen LogP contribution in [0.5, 0.6) is 0 Å². The van der Waals surface area contributed by atoms with Gasteiger partial charge in [0.25, 0.3) is 0 Å². The molecule has 0 bridgehead atoms. The topological polar surface area (TPSA) is 46.5 Å². The van der Waals surface area contributed by atoms with Crippen LogP contribution < -0.4 is 0 Å². The molecule has 1 N–H and O–H groups in total. The van der Waals surface area contributed by atoms with Crippen LogP contribution in [0, 0.1) is 11.8 Å². The first-order valence-corrected chi connectivity index (χ1v) is 6.70. The van der Waals surface area contributed by atoms with Crippen molar-refractivity contribution >= 4 is 5.97 Å². The van der Waals surface area contributed by atoms with Gasteiger partial charge in [-0.1, -0.05) is 24.1 Å². The lowest BCUT2D eigenvalue weighted by molar-refractivity contribution is -0.142. The fourth-order valence-corrected chi connectivity index (χ4v) is 2.92. The fourth-order valence-electron chi connectivity index (χ4n) is 2.92. The number of esters is 1. The molecule has 0 radical (unpaired) electrons. The lowest BCUT2D eigenvalue weighted by Crippen LogP contribution is -2.31. The molecule has 0 unspecified atom stereocenters. The van der Waals surface area contributed by atoms with E-state index in [2.05, 4.69) is 13.0 Å². The molecule has 3 heteroatoms. The van der Waals surface area contributed by atoms with Gasteiger partial charge in [-0.3, -0.25) is 4.79 Å². The summed E-state index contributed by atoms with van der Waals surface area (Å²) in [6.45, 7) is 5.95. The van der Waals surface area contributed by atoms with Crippen molar-refractivity contribution in [1.82, 2.24) is 0 Å². The van der Waals surface area contributed by atoms with Crippen LogP contribution in [0.3, 0.4) is 0 Å². The molecule has 1 aliphatic heterocycles. The Hall–Kier alpha value is -1.09. The maximum atomic E-state index is 11.7. The highest BCUT2D eigenvalue weighted by atomic mass is 16.6. The van der Waals surface area contributed by atoms with E-state index in [1.807, 2.05) is 19.9 Å². The highest BCUT2D eigenvalue weighted by Crippen LogP contribution is 2.35. The average molecular weight is 250 g/mol. The Kier molecular flexibility index (Phi) is 3.91.